The molecule has 0 aliphatic heterocycles. The van der Waals surface area contributed by atoms with Gasteiger partial charge in [0.2, 0.25) is 0 Å². The van der Waals surface area contributed by atoms with Crippen LogP contribution in [0.3, 0.4) is 0 Å². The molecule has 0 fully saturated rings. The fourth-order valence-electron chi connectivity index (χ4n) is 2.48. The van der Waals surface area contributed by atoms with E-state index in [2.05, 4.69) is 32.5 Å². The Morgan fingerprint density at radius 3 is 2.64 bits per heavy atom. The van der Waals surface area contributed by atoms with Crippen LogP contribution < -0.4 is 15.4 Å². The molecule has 0 aliphatic carbocycles. The largest absolute Gasteiger partial charge is 0.496 e. The number of nitrogens with zero attached hydrogens (tertiary/aromatic N) is 3. The Labute approximate surface area is 153 Å². The quantitative estimate of drug-likeness (QED) is 0.586. The summed E-state index contributed by atoms with van der Waals surface area (Å²) in [5, 5.41) is 7.66. The third-order valence-corrected chi connectivity index (χ3v) is 4.98. The summed E-state index contributed by atoms with van der Waals surface area (Å²) < 4.78 is 5.46. The number of rotatable bonds is 7. The smallest absolute Gasteiger partial charge is 0.191 e. The van der Waals surface area contributed by atoms with Crippen molar-refractivity contribution in [2.75, 3.05) is 13.7 Å². The molecule has 2 heterocycles. The lowest BCUT2D eigenvalue weighted by atomic mass is 10.1. The summed E-state index contributed by atoms with van der Waals surface area (Å²) in [6.07, 6.45) is 4.79. The van der Waals surface area contributed by atoms with Crippen LogP contribution in [0.1, 0.15) is 40.6 Å². The summed E-state index contributed by atoms with van der Waals surface area (Å²) in [4.78, 5) is 14.9. The van der Waals surface area contributed by atoms with Gasteiger partial charge < -0.3 is 15.4 Å². The Bertz CT molecular complexity index is 726. The predicted octanol–water partition coefficient (Wildman–Crippen LogP) is 2.98. The maximum Gasteiger partial charge on any atom is 0.191 e. The number of pyridine rings is 1. The monoisotopic (exact) mass is 361 g/mol. The first kappa shape index (κ1) is 19.2. The number of hydrogen-bond donors (Lipinski definition) is 2. The topological polar surface area (TPSA) is 71.4 Å². The molecular weight excluding hydrogens is 334 g/mol. The average Bonchev–Trinajstić information content (AvgIpc) is 3.07. The van der Waals surface area contributed by atoms with E-state index >= 15 is 0 Å². The van der Waals surface area contributed by atoms with Crippen LogP contribution in [0.4, 0.5) is 0 Å². The number of ether oxygens (including phenoxy) is 1. The van der Waals surface area contributed by atoms with Gasteiger partial charge in [0.25, 0.3) is 0 Å². The summed E-state index contributed by atoms with van der Waals surface area (Å²) in [6, 6.07) is 0. The van der Waals surface area contributed by atoms with E-state index in [1.54, 1.807) is 18.4 Å². The Morgan fingerprint density at radius 1 is 1.20 bits per heavy atom. The highest BCUT2D eigenvalue weighted by Crippen LogP contribution is 2.24. The van der Waals surface area contributed by atoms with E-state index in [-0.39, 0.29) is 0 Å². The zero-order chi connectivity index (χ0) is 18.2. The minimum Gasteiger partial charge on any atom is -0.496 e. The van der Waals surface area contributed by atoms with Gasteiger partial charge in [-0.05, 0) is 27.2 Å². The molecule has 0 atom stereocenters. The first-order valence-corrected chi connectivity index (χ1v) is 9.35. The van der Waals surface area contributed by atoms with Crippen LogP contribution in [-0.2, 0) is 19.5 Å². The van der Waals surface area contributed by atoms with Crippen LogP contribution in [0.15, 0.2) is 17.4 Å². The fraction of sp³-hybridized carbons (Fsp3) is 0.500. The molecule has 2 rings (SSSR count). The second kappa shape index (κ2) is 9.36. The van der Waals surface area contributed by atoms with Crippen molar-refractivity contribution >= 4 is 17.3 Å². The molecule has 0 aromatic carbocycles. The van der Waals surface area contributed by atoms with Gasteiger partial charge in [0.1, 0.15) is 10.8 Å². The van der Waals surface area contributed by atoms with E-state index in [0.717, 1.165) is 46.5 Å². The standard InChI is InChI=1S/C18H27N5OS/c1-6-14-9-21-16(25-14)11-23-18(19-7-2)22-10-15-13(4)17(24-5)12(3)8-20-15/h8-9H,6-7,10-11H2,1-5H3,(H2,19,22,23). The molecule has 136 valence electrons. The lowest BCUT2D eigenvalue weighted by molar-refractivity contribution is 0.407. The van der Waals surface area contributed by atoms with Crippen LogP contribution in [0.5, 0.6) is 5.75 Å². The van der Waals surface area contributed by atoms with E-state index < -0.39 is 0 Å². The SMILES string of the molecule is CCNC(=NCc1ncc(C)c(OC)c1C)NCc1ncc(CC)s1. The molecule has 2 aromatic heterocycles. The van der Waals surface area contributed by atoms with E-state index in [1.807, 2.05) is 33.2 Å². The molecule has 0 radical (unpaired) electrons. The maximum absolute atomic E-state index is 5.46. The van der Waals surface area contributed by atoms with Crippen molar-refractivity contribution in [3.8, 4) is 5.75 Å². The lowest BCUT2D eigenvalue weighted by Crippen LogP contribution is -2.36. The number of aliphatic imine (C=N–C) groups is 1. The summed E-state index contributed by atoms with van der Waals surface area (Å²) in [5.41, 5.74) is 2.99. The third kappa shape index (κ3) is 5.16. The molecule has 7 heteroatoms. The molecule has 0 unspecified atom stereocenters. The van der Waals surface area contributed by atoms with E-state index in [4.69, 9.17) is 4.74 Å². The van der Waals surface area contributed by atoms with Gasteiger partial charge in [-0.15, -0.1) is 11.3 Å². The number of guanidine groups is 1. The number of hydrogen-bond acceptors (Lipinski definition) is 5. The Kier molecular flexibility index (Phi) is 7.18. The molecule has 0 amide bonds. The van der Waals surface area contributed by atoms with Gasteiger partial charge in [0, 0.05) is 34.9 Å². The van der Waals surface area contributed by atoms with Gasteiger partial charge in [0.15, 0.2) is 5.96 Å². The second-order valence-electron chi connectivity index (χ2n) is 5.67. The predicted molar refractivity (Wildman–Crippen MR) is 103 cm³/mol. The van der Waals surface area contributed by atoms with E-state index in [1.165, 1.54) is 4.88 Å². The van der Waals surface area contributed by atoms with Crippen LogP contribution in [0, 0.1) is 13.8 Å². The maximum atomic E-state index is 5.46. The molecule has 0 saturated heterocycles. The van der Waals surface area contributed by atoms with Crippen molar-refractivity contribution in [3.63, 3.8) is 0 Å². The zero-order valence-corrected chi connectivity index (χ0v) is 16.5. The summed E-state index contributed by atoms with van der Waals surface area (Å²) in [7, 11) is 1.69. The summed E-state index contributed by atoms with van der Waals surface area (Å²) in [6.45, 7) is 10.2. The first-order valence-electron chi connectivity index (χ1n) is 8.53. The van der Waals surface area contributed by atoms with Crippen LogP contribution in [0.25, 0.3) is 0 Å². The van der Waals surface area contributed by atoms with Gasteiger partial charge in [0.05, 0.1) is 25.9 Å². The molecule has 0 aliphatic rings. The van der Waals surface area contributed by atoms with Crippen molar-refractivity contribution < 1.29 is 4.74 Å². The zero-order valence-electron chi connectivity index (χ0n) is 15.6. The number of aryl methyl sites for hydroxylation is 2. The van der Waals surface area contributed by atoms with Crippen molar-refractivity contribution in [3.05, 3.63) is 39.1 Å². The Balaban J connectivity index is 2.06. The summed E-state index contributed by atoms with van der Waals surface area (Å²) >= 11 is 1.73. The second-order valence-corrected chi connectivity index (χ2v) is 6.87. The molecule has 0 spiro atoms. The molecule has 0 saturated carbocycles. The van der Waals surface area contributed by atoms with Gasteiger partial charge in [-0.3, -0.25) is 4.98 Å². The van der Waals surface area contributed by atoms with Crippen molar-refractivity contribution in [2.45, 2.75) is 47.2 Å². The normalized spacial score (nSPS) is 11.5. The summed E-state index contributed by atoms with van der Waals surface area (Å²) in [5.74, 6) is 1.64. The van der Waals surface area contributed by atoms with E-state index in [0.29, 0.717) is 13.1 Å². The molecule has 6 nitrogen and oxygen atoms in total. The number of methoxy groups -OCH3 is 1. The Morgan fingerprint density at radius 2 is 2.00 bits per heavy atom. The minimum atomic E-state index is 0.496. The van der Waals surface area contributed by atoms with Gasteiger partial charge in [-0.25, -0.2) is 9.98 Å². The average molecular weight is 362 g/mol. The molecular formula is C18H27N5OS. The molecule has 0 bridgehead atoms. The highest BCUT2D eigenvalue weighted by atomic mass is 32.1. The van der Waals surface area contributed by atoms with Crippen LogP contribution in [-0.4, -0.2) is 29.6 Å². The molecule has 2 N–H and O–H groups in total. The minimum absolute atomic E-state index is 0.496. The van der Waals surface area contributed by atoms with Gasteiger partial charge in [-0.2, -0.15) is 0 Å². The third-order valence-electron chi connectivity index (χ3n) is 3.84. The first-order chi connectivity index (χ1) is 12.1. The van der Waals surface area contributed by atoms with Gasteiger partial charge in [-0.1, -0.05) is 6.92 Å². The van der Waals surface area contributed by atoms with Crippen LogP contribution >= 0.6 is 11.3 Å². The number of thiazole rings is 1. The van der Waals surface area contributed by atoms with Gasteiger partial charge >= 0.3 is 0 Å². The van der Waals surface area contributed by atoms with Crippen molar-refractivity contribution in [1.82, 2.24) is 20.6 Å². The fourth-order valence-corrected chi connectivity index (χ4v) is 3.28. The number of aromatic nitrogens is 2. The molecule has 25 heavy (non-hydrogen) atoms. The van der Waals surface area contributed by atoms with E-state index in [9.17, 15) is 0 Å². The highest BCUT2D eigenvalue weighted by Gasteiger charge is 2.09. The highest BCUT2D eigenvalue weighted by molar-refractivity contribution is 7.11. The molecule has 2 aromatic rings. The van der Waals surface area contributed by atoms with Crippen molar-refractivity contribution in [2.24, 2.45) is 4.99 Å². The van der Waals surface area contributed by atoms with Crippen LogP contribution in [0.2, 0.25) is 0 Å². The van der Waals surface area contributed by atoms with Crippen molar-refractivity contribution in [1.29, 1.82) is 0 Å². The Hall–Kier alpha value is -2.15. The lowest BCUT2D eigenvalue weighted by Gasteiger charge is -2.13. The number of nitrogens with one attached hydrogen (secondary N) is 2.